The van der Waals surface area contributed by atoms with Gasteiger partial charge in [-0.05, 0) is 94.4 Å². The number of fused-ring (bicyclic) bond motifs is 6. The molecule has 8 nitrogen and oxygen atoms in total. The number of ether oxygens (including phenoxy) is 6. The van der Waals surface area contributed by atoms with Gasteiger partial charge in [0.05, 0.1) is 51.8 Å². The minimum atomic E-state index is -0.618. The molecule has 0 fully saturated rings. The summed E-state index contributed by atoms with van der Waals surface area (Å²) >= 11 is 0. The number of esters is 2. The molecule has 4 aromatic carbocycles. The summed E-state index contributed by atoms with van der Waals surface area (Å²) in [6.45, 7) is 11.1. The van der Waals surface area contributed by atoms with Gasteiger partial charge in [-0.3, -0.25) is 0 Å². The fourth-order valence-corrected chi connectivity index (χ4v) is 6.91. The first-order chi connectivity index (χ1) is 26.4. The van der Waals surface area contributed by atoms with E-state index in [-0.39, 0.29) is 11.1 Å². The fraction of sp³-hybridized carbons (Fsp3) is 0.565. The Kier molecular flexibility index (Phi) is 18.0. The monoisotopic (exact) mass is 744 g/mol. The van der Waals surface area contributed by atoms with E-state index in [9.17, 15) is 9.59 Å². The average Bonchev–Trinajstić information content (AvgIpc) is 3.19. The molecule has 0 aliphatic rings. The maximum Gasteiger partial charge on any atom is 0.338 e. The van der Waals surface area contributed by atoms with E-state index in [0.29, 0.717) is 49.4 Å². The van der Waals surface area contributed by atoms with Gasteiger partial charge in [-0.25, -0.2) is 9.59 Å². The minimum absolute atomic E-state index is 0.134. The molecule has 296 valence electrons. The maximum absolute atomic E-state index is 13.2. The van der Waals surface area contributed by atoms with Gasteiger partial charge in [0, 0.05) is 0 Å². The minimum Gasteiger partial charge on any atom is -0.490 e. The largest absolute Gasteiger partial charge is 0.490 e. The predicted octanol–water partition coefficient (Wildman–Crippen LogP) is 12.6. The molecule has 0 bridgehead atoms. The predicted molar refractivity (Wildman–Crippen MR) is 220 cm³/mol. The number of carbonyl (C=O) groups is 2. The van der Waals surface area contributed by atoms with Gasteiger partial charge in [0.25, 0.3) is 0 Å². The lowest BCUT2D eigenvalue weighted by atomic mass is 9.90. The Labute approximate surface area is 323 Å². The molecule has 0 aliphatic carbocycles. The zero-order valence-corrected chi connectivity index (χ0v) is 33.9. The molecule has 8 heteroatoms. The van der Waals surface area contributed by atoms with Crippen LogP contribution in [0, 0.1) is 0 Å². The molecule has 0 saturated carbocycles. The van der Waals surface area contributed by atoms with E-state index in [0.717, 1.165) is 122 Å². The van der Waals surface area contributed by atoms with Crippen molar-refractivity contribution < 1.29 is 38.0 Å². The van der Waals surface area contributed by atoms with Crippen LogP contribution in [0.3, 0.4) is 0 Å². The third kappa shape index (κ3) is 11.4. The van der Waals surface area contributed by atoms with Crippen LogP contribution in [0.1, 0.15) is 151 Å². The van der Waals surface area contributed by atoms with E-state index in [2.05, 4.69) is 39.8 Å². The van der Waals surface area contributed by atoms with Crippen molar-refractivity contribution in [3.05, 3.63) is 47.5 Å². The van der Waals surface area contributed by atoms with Gasteiger partial charge in [0.15, 0.2) is 23.0 Å². The lowest BCUT2D eigenvalue weighted by molar-refractivity contribution is 0.0555. The van der Waals surface area contributed by atoms with Gasteiger partial charge >= 0.3 is 11.9 Å². The standard InChI is InChI=1S/C46H64O8/c1-7-11-15-19-23-51-41-29-35-33-27-39(45(47)49-5)40(46(48)50-6)28-34(33)36-30-42(52-24-20-16-12-8-2)44(54-26-22-18-14-10-4)32-38(36)37(35)31-43(41)53-25-21-17-13-9-3/h27-32H,7-26H2,1-6H3. The van der Waals surface area contributed by atoms with Crippen LogP contribution in [0.25, 0.3) is 32.3 Å². The van der Waals surface area contributed by atoms with E-state index in [1.165, 1.54) is 27.1 Å². The van der Waals surface area contributed by atoms with Crippen molar-refractivity contribution in [3.63, 3.8) is 0 Å². The molecule has 0 spiro atoms. The van der Waals surface area contributed by atoms with Crippen LogP contribution in [-0.4, -0.2) is 52.6 Å². The topological polar surface area (TPSA) is 89.5 Å². The summed E-state index contributed by atoms with van der Waals surface area (Å²) in [5, 5.41) is 5.12. The summed E-state index contributed by atoms with van der Waals surface area (Å²) in [4.78, 5) is 26.4. The molecule has 0 radical (unpaired) electrons. The van der Waals surface area contributed by atoms with E-state index in [4.69, 9.17) is 28.4 Å². The van der Waals surface area contributed by atoms with Crippen molar-refractivity contribution >= 4 is 44.3 Å². The SMILES string of the molecule is CCCCCCOc1cc2c3cc(OCCCCCC)c(OCCCCCC)cc3c3cc(C(=O)OC)c(C(=O)OC)cc3c2cc1OCCCCCC. The van der Waals surface area contributed by atoms with Gasteiger partial charge in [-0.2, -0.15) is 0 Å². The second kappa shape index (κ2) is 22.9. The third-order valence-electron chi connectivity index (χ3n) is 10.0. The van der Waals surface area contributed by atoms with Crippen LogP contribution in [0.5, 0.6) is 23.0 Å². The molecule has 54 heavy (non-hydrogen) atoms. The smallest absolute Gasteiger partial charge is 0.338 e. The van der Waals surface area contributed by atoms with Gasteiger partial charge in [-0.15, -0.1) is 0 Å². The first-order valence-electron chi connectivity index (χ1n) is 20.6. The highest BCUT2D eigenvalue weighted by Gasteiger charge is 2.24. The van der Waals surface area contributed by atoms with Gasteiger partial charge in [0.2, 0.25) is 0 Å². The maximum atomic E-state index is 13.2. The summed E-state index contributed by atoms with van der Waals surface area (Å²) in [6.07, 6.45) is 17.4. The lowest BCUT2D eigenvalue weighted by Gasteiger charge is -2.20. The van der Waals surface area contributed by atoms with Gasteiger partial charge < -0.3 is 28.4 Å². The van der Waals surface area contributed by atoms with Crippen LogP contribution in [0.15, 0.2) is 36.4 Å². The first kappa shape index (κ1) is 42.5. The highest BCUT2D eigenvalue weighted by Crippen LogP contribution is 2.45. The number of benzene rings is 4. The summed E-state index contributed by atoms with van der Waals surface area (Å²) in [5.41, 5.74) is 0.269. The molecule has 0 heterocycles. The van der Waals surface area contributed by atoms with E-state index in [1.807, 2.05) is 12.1 Å². The second-order valence-electron chi connectivity index (χ2n) is 14.3. The number of hydrogen-bond acceptors (Lipinski definition) is 8. The Morgan fingerprint density at radius 1 is 0.370 bits per heavy atom. The van der Waals surface area contributed by atoms with Gasteiger partial charge in [-0.1, -0.05) is 105 Å². The van der Waals surface area contributed by atoms with Crippen molar-refractivity contribution in [2.45, 2.75) is 130 Å². The number of carbonyl (C=O) groups excluding carboxylic acids is 2. The molecule has 4 aromatic rings. The van der Waals surface area contributed by atoms with Crippen molar-refractivity contribution in [1.82, 2.24) is 0 Å². The van der Waals surface area contributed by atoms with Gasteiger partial charge in [0.1, 0.15) is 0 Å². The molecule has 0 amide bonds. The normalized spacial score (nSPS) is 11.3. The molecular weight excluding hydrogens is 680 g/mol. The zero-order valence-electron chi connectivity index (χ0n) is 33.9. The molecule has 0 atom stereocenters. The zero-order chi connectivity index (χ0) is 38.7. The van der Waals surface area contributed by atoms with E-state index in [1.54, 1.807) is 12.1 Å². The molecular formula is C46H64O8. The highest BCUT2D eigenvalue weighted by atomic mass is 16.5. The third-order valence-corrected chi connectivity index (χ3v) is 10.0. The van der Waals surface area contributed by atoms with E-state index < -0.39 is 11.9 Å². The number of methoxy groups -OCH3 is 2. The number of rotatable bonds is 26. The first-order valence-corrected chi connectivity index (χ1v) is 20.6. The Balaban J connectivity index is 2.00. The second-order valence-corrected chi connectivity index (χ2v) is 14.3. The Morgan fingerprint density at radius 2 is 0.611 bits per heavy atom. The molecule has 0 N–H and O–H groups in total. The van der Waals surface area contributed by atoms with Crippen LogP contribution in [0.2, 0.25) is 0 Å². The Hall–Kier alpha value is -4.20. The Morgan fingerprint density at radius 3 is 0.833 bits per heavy atom. The summed E-state index contributed by atoms with van der Waals surface area (Å²) < 4.78 is 36.3. The lowest BCUT2D eigenvalue weighted by Crippen LogP contribution is -2.12. The van der Waals surface area contributed by atoms with Crippen LogP contribution >= 0.6 is 0 Å². The van der Waals surface area contributed by atoms with Crippen LogP contribution < -0.4 is 18.9 Å². The Bertz CT molecular complexity index is 1670. The van der Waals surface area contributed by atoms with Crippen molar-refractivity contribution in [1.29, 1.82) is 0 Å². The van der Waals surface area contributed by atoms with Crippen molar-refractivity contribution in [3.8, 4) is 23.0 Å². The van der Waals surface area contributed by atoms with Crippen molar-refractivity contribution in [2.24, 2.45) is 0 Å². The van der Waals surface area contributed by atoms with E-state index >= 15 is 0 Å². The highest BCUT2D eigenvalue weighted by molar-refractivity contribution is 6.28. The number of hydrogen-bond donors (Lipinski definition) is 0. The summed E-state index contributed by atoms with van der Waals surface area (Å²) in [7, 11) is 2.63. The molecule has 4 rings (SSSR count). The molecule has 0 aromatic heterocycles. The summed E-state index contributed by atoms with van der Waals surface area (Å²) in [6, 6.07) is 11.7. The number of unbranched alkanes of at least 4 members (excludes halogenated alkanes) is 12. The van der Waals surface area contributed by atoms with Crippen LogP contribution in [-0.2, 0) is 9.47 Å². The fourth-order valence-electron chi connectivity index (χ4n) is 6.91. The molecule has 0 saturated heterocycles. The summed E-state index contributed by atoms with van der Waals surface area (Å²) in [5.74, 6) is 1.46. The van der Waals surface area contributed by atoms with Crippen molar-refractivity contribution in [2.75, 3.05) is 40.6 Å². The molecule has 0 aliphatic heterocycles. The molecule has 0 unspecified atom stereocenters. The quantitative estimate of drug-likeness (QED) is 0.0357. The van der Waals surface area contributed by atoms with Crippen LogP contribution in [0.4, 0.5) is 0 Å². The average molecular weight is 745 g/mol.